The van der Waals surface area contributed by atoms with Crippen molar-refractivity contribution in [2.75, 3.05) is 18.1 Å². The molecular weight excluding hydrogens is 438 g/mol. The average Bonchev–Trinajstić information content (AvgIpc) is 3.49. The number of carbonyl (C=O) groups excluding carboxylic acids is 2. The molecule has 0 spiro atoms. The second kappa shape index (κ2) is 10.6. The third-order valence-electron chi connectivity index (χ3n) is 4.71. The monoisotopic (exact) mass is 461 g/mol. The summed E-state index contributed by atoms with van der Waals surface area (Å²) >= 11 is 1.44. The topological polar surface area (TPSA) is 84.7 Å². The van der Waals surface area contributed by atoms with E-state index in [0.717, 1.165) is 16.0 Å². The van der Waals surface area contributed by atoms with Crippen molar-refractivity contribution in [2.24, 2.45) is 0 Å². The number of anilines is 2. The van der Waals surface area contributed by atoms with Crippen LogP contribution in [0, 0.1) is 0 Å². The smallest absolute Gasteiger partial charge is 0.244 e. The van der Waals surface area contributed by atoms with Crippen LogP contribution in [0.4, 0.5) is 10.8 Å². The third-order valence-corrected chi connectivity index (χ3v) is 5.73. The molecule has 4 aromatic rings. The van der Waals surface area contributed by atoms with E-state index in [4.69, 9.17) is 9.15 Å². The highest BCUT2D eigenvalue weighted by Gasteiger charge is 2.21. The van der Waals surface area contributed by atoms with Crippen LogP contribution in [0.25, 0.3) is 16.3 Å². The summed E-state index contributed by atoms with van der Waals surface area (Å²) in [5.74, 6) is 0.840. The van der Waals surface area contributed by atoms with Gasteiger partial charge in [-0.1, -0.05) is 23.5 Å². The molecule has 7 nitrogen and oxygen atoms in total. The first-order valence-corrected chi connectivity index (χ1v) is 11.4. The minimum Gasteiger partial charge on any atom is -0.494 e. The van der Waals surface area contributed by atoms with Crippen molar-refractivity contribution < 1.29 is 18.7 Å². The fourth-order valence-electron chi connectivity index (χ4n) is 3.18. The van der Waals surface area contributed by atoms with Gasteiger partial charge < -0.3 is 14.5 Å². The third kappa shape index (κ3) is 5.67. The van der Waals surface area contributed by atoms with Gasteiger partial charge in [0.1, 0.15) is 11.5 Å². The number of nitrogens with zero attached hydrogens (tertiary/aromatic N) is 2. The highest BCUT2D eigenvalue weighted by molar-refractivity contribution is 7.22. The molecule has 0 fully saturated rings. The van der Waals surface area contributed by atoms with Crippen LogP contribution in [0.1, 0.15) is 19.1 Å². The zero-order valence-electron chi connectivity index (χ0n) is 18.1. The van der Waals surface area contributed by atoms with Crippen LogP contribution < -0.4 is 15.0 Å². The lowest BCUT2D eigenvalue weighted by Gasteiger charge is -2.20. The van der Waals surface area contributed by atoms with Crippen LogP contribution in [0.5, 0.6) is 5.75 Å². The molecule has 0 bridgehead atoms. The lowest BCUT2D eigenvalue weighted by Crippen LogP contribution is -2.31. The van der Waals surface area contributed by atoms with Gasteiger partial charge in [0.25, 0.3) is 0 Å². The molecule has 0 aliphatic rings. The first kappa shape index (κ1) is 22.3. The second-order valence-electron chi connectivity index (χ2n) is 7.01. The van der Waals surface area contributed by atoms with Crippen molar-refractivity contribution in [3.05, 3.63) is 78.8 Å². The van der Waals surface area contributed by atoms with Gasteiger partial charge >= 0.3 is 0 Å². The van der Waals surface area contributed by atoms with E-state index in [2.05, 4.69) is 10.3 Å². The second-order valence-corrected chi connectivity index (χ2v) is 8.02. The molecule has 2 aromatic heterocycles. The Balaban J connectivity index is 1.48. The van der Waals surface area contributed by atoms with Crippen LogP contribution in [0.3, 0.4) is 0 Å². The number of ether oxygens (including phenoxy) is 1. The maximum atomic E-state index is 13.2. The zero-order chi connectivity index (χ0) is 23.0. The average molecular weight is 462 g/mol. The number of fused-ring (bicyclic) bond motifs is 1. The molecule has 0 aliphatic carbocycles. The molecule has 33 heavy (non-hydrogen) atoms. The number of rotatable bonds is 9. The van der Waals surface area contributed by atoms with E-state index in [-0.39, 0.29) is 24.8 Å². The highest BCUT2D eigenvalue weighted by atomic mass is 32.1. The number of hydrogen-bond donors (Lipinski definition) is 1. The summed E-state index contributed by atoms with van der Waals surface area (Å²) in [7, 11) is 0. The number of furan rings is 1. The largest absolute Gasteiger partial charge is 0.494 e. The van der Waals surface area contributed by atoms with Gasteiger partial charge in [0, 0.05) is 19.0 Å². The van der Waals surface area contributed by atoms with Crippen molar-refractivity contribution >= 4 is 50.3 Å². The van der Waals surface area contributed by atoms with E-state index in [1.807, 2.05) is 55.5 Å². The molecule has 0 saturated heterocycles. The number of amides is 2. The summed E-state index contributed by atoms with van der Waals surface area (Å²) in [6, 6.07) is 18.6. The van der Waals surface area contributed by atoms with Gasteiger partial charge in [-0.25, -0.2) is 4.98 Å². The fourth-order valence-corrected chi connectivity index (χ4v) is 4.19. The number of nitrogens with one attached hydrogen (secondary N) is 1. The van der Waals surface area contributed by atoms with E-state index in [1.165, 1.54) is 23.7 Å². The van der Waals surface area contributed by atoms with Gasteiger partial charge in [0.2, 0.25) is 11.8 Å². The van der Waals surface area contributed by atoms with Crippen LogP contribution in [0.15, 0.2) is 77.4 Å². The summed E-state index contributed by atoms with van der Waals surface area (Å²) in [5, 5.41) is 3.31. The maximum Gasteiger partial charge on any atom is 0.244 e. The Hall–Kier alpha value is -3.91. The van der Waals surface area contributed by atoms with Crippen LogP contribution in [0.2, 0.25) is 0 Å². The Morgan fingerprint density at radius 3 is 2.67 bits per heavy atom. The number of carbonyl (C=O) groups is 2. The van der Waals surface area contributed by atoms with Crippen LogP contribution >= 0.6 is 11.3 Å². The zero-order valence-corrected chi connectivity index (χ0v) is 18.9. The lowest BCUT2D eigenvalue weighted by molar-refractivity contribution is -0.118. The first-order chi connectivity index (χ1) is 16.1. The molecule has 0 saturated carbocycles. The van der Waals surface area contributed by atoms with Gasteiger partial charge in [0.05, 0.1) is 28.8 Å². The standard InChI is InChI=1S/C25H23N3O4S/c1-2-31-20-11-9-18(10-12-20)28(25-27-21-7-3-4-8-22(21)33-25)24(30)15-16-26-23(29)14-13-19-6-5-17-32-19/h3-14,17H,2,15-16H2,1H3,(H,26,29)/b14-13+. The number of aromatic nitrogens is 1. The van der Waals surface area contributed by atoms with E-state index >= 15 is 0 Å². The van der Waals surface area contributed by atoms with Gasteiger partial charge in [-0.15, -0.1) is 0 Å². The molecule has 2 heterocycles. The first-order valence-electron chi connectivity index (χ1n) is 10.5. The molecule has 168 valence electrons. The molecule has 4 rings (SSSR count). The summed E-state index contributed by atoms with van der Waals surface area (Å²) in [6.07, 6.45) is 4.60. The molecule has 0 atom stereocenters. The molecule has 1 N–H and O–H groups in total. The Morgan fingerprint density at radius 2 is 1.94 bits per heavy atom. The van der Waals surface area contributed by atoms with Gasteiger partial charge in [-0.3, -0.25) is 14.5 Å². The van der Waals surface area contributed by atoms with Gasteiger partial charge in [0.15, 0.2) is 5.13 Å². The molecule has 0 unspecified atom stereocenters. The lowest BCUT2D eigenvalue weighted by atomic mass is 10.2. The Morgan fingerprint density at radius 1 is 1.12 bits per heavy atom. The van der Waals surface area contributed by atoms with E-state index in [1.54, 1.807) is 23.1 Å². The molecule has 8 heteroatoms. The van der Waals surface area contributed by atoms with Crippen LogP contribution in [-0.2, 0) is 9.59 Å². The van der Waals surface area contributed by atoms with Crippen molar-refractivity contribution in [2.45, 2.75) is 13.3 Å². The number of benzene rings is 2. The molecule has 0 radical (unpaired) electrons. The molecule has 2 aromatic carbocycles. The number of para-hydroxylation sites is 1. The molecule has 0 aliphatic heterocycles. The Bertz CT molecular complexity index is 1210. The quantitative estimate of drug-likeness (QED) is 0.348. The number of hydrogen-bond acceptors (Lipinski definition) is 6. The predicted octanol–water partition coefficient (Wildman–Crippen LogP) is 5.17. The van der Waals surface area contributed by atoms with E-state index < -0.39 is 0 Å². The van der Waals surface area contributed by atoms with E-state index in [0.29, 0.717) is 23.2 Å². The summed E-state index contributed by atoms with van der Waals surface area (Å²) < 4.78 is 11.7. The predicted molar refractivity (Wildman–Crippen MR) is 130 cm³/mol. The van der Waals surface area contributed by atoms with Gasteiger partial charge in [-0.2, -0.15) is 0 Å². The minimum atomic E-state index is -0.299. The van der Waals surface area contributed by atoms with Crippen LogP contribution in [-0.4, -0.2) is 29.9 Å². The highest BCUT2D eigenvalue weighted by Crippen LogP contribution is 2.34. The normalized spacial score (nSPS) is 11.1. The molecular formula is C25H23N3O4S. The maximum absolute atomic E-state index is 13.2. The summed E-state index contributed by atoms with van der Waals surface area (Å²) in [4.78, 5) is 31.5. The number of thiazole rings is 1. The summed E-state index contributed by atoms with van der Waals surface area (Å²) in [6.45, 7) is 2.68. The molecule has 2 amide bonds. The Kier molecular flexibility index (Phi) is 7.16. The van der Waals surface area contributed by atoms with Crippen molar-refractivity contribution in [3.8, 4) is 5.75 Å². The SMILES string of the molecule is CCOc1ccc(N(C(=O)CCNC(=O)/C=C/c2ccco2)c2nc3ccccc3s2)cc1. The minimum absolute atomic E-state index is 0.115. The fraction of sp³-hybridized carbons (Fsp3) is 0.160. The Labute approximate surface area is 195 Å². The van der Waals surface area contributed by atoms with Crippen molar-refractivity contribution in [1.82, 2.24) is 10.3 Å². The van der Waals surface area contributed by atoms with Crippen molar-refractivity contribution in [1.29, 1.82) is 0 Å². The van der Waals surface area contributed by atoms with Crippen molar-refractivity contribution in [3.63, 3.8) is 0 Å². The summed E-state index contributed by atoms with van der Waals surface area (Å²) in [5.41, 5.74) is 1.52. The van der Waals surface area contributed by atoms with E-state index in [9.17, 15) is 9.59 Å². The van der Waals surface area contributed by atoms with Gasteiger partial charge in [-0.05, 0) is 61.5 Å².